The zero-order chi connectivity index (χ0) is 13.5. The average molecular weight is 281 g/mol. The van der Waals surface area contributed by atoms with E-state index in [4.69, 9.17) is 0 Å². The normalized spacial score (nSPS) is 21.4. The highest BCUT2D eigenvalue weighted by Gasteiger charge is 2.48. The van der Waals surface area contributed by atoms with E-state index in [0.29, 0.717) is 31.6 Å². The summed E-state index contributed by atoms with van der Waals surface area (Å²) in [6.07, 6.45) is 0.821. The van der Waals surface area contributed by atoms with Crippen molar-refractivity contribution in [3.8, 4) is 0 Å². The molecular formula is C10H11N5O3S. The van der Waals surface area contributed by atoms with E-state index in [0.717, 1.165) is 11.5 Å². The standard InChI is InChI=1S/C10H11N5O3S/c16-7(6-5-19-14-13-6)15-3-1-10(2-4-15)8(17)11-9(18)12-10/h5H,1-4H2,(H2,11,12,17,18). The summed E-state index contributed by atoms with van der Waals surface area (Å²) in [6.45, 7) is 0.814. The number of nitrogens with one attached hydrogen (secondary N) is 2. The van der Waals surface area contributed by atoms with Crippen molar-refractivity contribution >= 4 is 29.4 Å². The van der Waals surface area contributed by atoms with E-state index in [1.807, 2.05) is 0 Å². The first-order chi connectivity index (χ1) is 9.11. The summed E-state index contributed by atoms with van der Waals surface area (Å²) in [7, 11) is 0. The van der Waals surface area contributed by atoms with Gasteiger partial charge in [0.2, 0.25) is 0 Å². The van der Waals surface area contributed by atoms with Gasteiger partial charge in [-0.15, -0.1) is 5.10 Å². The van der Waals surface area contributed by atoms with Gasteiger partial charge >= 0.3 is 6.03 Å². The Bertz CT molecular complexity index is 535. The van der Waals surface area contributed by atoms with E-state index in [1.165, 1.54) is 0 Å². The van der Waals surface area contributed by atoms with Gasteiger partial charge < -0.3 is 10.2 Å². The first kappa shape index (κ1) is 12.0. The van der Waals surface area contributed by atoms with E-state index in [2.05, 4.69) is 20.2 Å². The number of hydrogen-bond donors (Lipinski definition) is 2. The minimum atomic E-state index is -0.853. The molecular weight excluding hydrogens is 270 g/mol. The number of nitrogens with zero attached hydrogens (tertiary/aromatic N) is 3. The Hall–Kier alpha value is -2.03. The maximum absolute atomic E-state index is 12.1. The highest BCUT2D eigenvalue weighted by molar-refractivity contribution is 7.03. The molecule has 0 bridgehead atoms. The molecule has 8 nitrogen and oxygen atoms in total. The van der Waals surface area contributed by atoms with Crippen molar-refractivity contribution in [1.82, 2.24) is 25.1 Å². The lowest BCUT2D eigenvalue weighted by Crippen LogP contribution is -2.55. The number of carbonyl (C=O) groups excluding carboxylic acids is 3. The van der Waals surface area contributed by atoms with Gasteiger partial charge in [-0.2, -0.15) is 0 Å². The average Bonchev–Trinajstić information content (AvgIpc) is 2.99. The monoisotopic (exact) mass is 281 g/mol. The van der Waals surface area contributed by atoms with Crippen LogP contribution in [0.1, 0.15) is 23.3 Å². The number of rotatable bonds is 1. The molecule has 19 heavy (non-hydrogen) atoms. The van der Waals surface area contributed by atoms with Gasteiger partial charge in [-0.25, -0.2) is 4.79 Å². The summed E-state index contributed by atoms with van der Waals surface area (Å²) in [5.41, 5.74) is -0.533. The maximum Gasteiger partial charge on any atom is 0.322 e. The van der Waals surface area contributed by atoms with Gasteiger partial charge in [0.25, 0.3) is 11.8 Å². The second-order valence-electron chi connectivity index (χ2n) is 4.57. The van der Waals surface area contributed by atoms with Gasteiger partial charge in [0, 0.05) is 18.5 Å². The zero-order valence-corrected chi connectivity index (χ0v) is 10.7. The van der Waals surface area contributed by atoms with Crippen molar-refractivity contribution in [1.29, 1.82) is 0 Å². The molecule has 4 amide bonds. The number of likely N-dealkylation sites (tertiary alicyclic amines) is 1. The molecule has 0 saturated carbocycles. The van der Waals surface area contributed by atoms with Gasteiger partial charge in [-0.05, 0) is 24.4 Å². The topological polar surface area (TPSA) is 104 Å². The van der Waals surface area contributed by atoms with Gasteiger partial charge in [0.15, 0.2) is 5.69 Å². The number of piperidine rings is 1. The number of hydrogen-bond acceptors (Lipinski definition) is 6. The smallest absolute Gasteiger partial charge is 0.322 e. The number of urea groups is 1. The molecule has 100 valence electrons. The summed E-state index contributed by atoms with van der Waals surface area (Å²) in [4.78, 5) is 36.6. The predicted octanol–water partition coefficient (Wildman–Crippen LogP) is -0.648. The van der Waals surface area contributed by atoms with Gasteiger partial charge in [-0.3, -0.25) is 14.9 Å². The Balaban J connectivity index is 1.68. The molecule has 0 atom stereocenters. The van der Waals surface area contributed by atoms with Crippen LogP contribution >= 0.6 is 11.5 Å². The fourth-order valence-electron chi connectivity index (χ4n) is 2.39. The molecule has 0 aromatic carbocycles. The van der Waals surface area contributed by atoms with Crippen LogP contribution < -0.4 is 10.6 Å². The van der Waals surface area contributed by atoms with Crippen LogP contribution in [-0.4, -0.2) is 51.0 Å². The Morgan fingerprint density at radius 2 is 2.11 bits per heavy atom. The Labute approximate surface area is 112 Å². The molecule has 9 heteroatoms. The van der Waals surface area contributed by atoms with E-state index in [1.54, 1.807) is 10.3 Å². The summed E-state index contributed by atoms with van der Waals surface area (Å²) >= 11 is 1.12. The fourth-order valence-corrected chi connectivity index (χ4v) is 2.82. The van der Waals surface area contributed by atoms with Crippen LogP contribution in [0.4, 0.5) is 4.79 Å². The molecule has 3 heterocycles. The second kappa shape index (κ2) is 4.26. The predicted molar refractivity (Wildman–Crippen MR) is 64.5 cm³/mol. The van der Waals surface area contributed by atoms with Crippen LogP contribution in [0.5, 0.6) is 0 Å². The van der Waals surface area contributed by atoms with Crippen molar-refractivity contribution in [2.24, 2.45) is 0 Å². The third-order valence-electron chi connectivity index (χ3n) is 3.50. The van der Waals surface area contributed by atoms with Crippen molar-refractivity contribution in [2.75, 3.05) is 13.1 Å². The number of amides is 4. The van der Waals surface area contributed by atoms with Crippen LogP contribution in [0.25, 0.3) is 0 Å². The summed E-state index contributed by atoms with van der Waals surface area (Å²) in [5.74, 6) is -0.492. The molecule has 1 spiro atoms. The highest BCUT2D eigenvalue weighted by atomic mass is 32.1. The fraction of sp³-hybridized carbons (Fsp3) is 0.500. The lowest BCUT2D eigenvalue weighted by Gasteiger charge is -2.36. The van der Waals surface area contributed by atoms with Crippen LogP contribution in [0.15, 0.2) is 5.38 Å². The third kappa shape index (κ3) is 1.95. The van der Waals surface area contributed by atoms with Gasteiger partial charge in [0.05, 0.1) is 0 Å². The van der Waals surface area contributed by atoms with E-state index < -0.39 is 11.6 Å². The minimum Gasteiger partial charge on any atom is -0.337 e. The van der Waals surface area contributed by atoms with Crippen molar-refractivity contribution in [3.63, 3.8) is 0 Å². The first-order valence-corrected chi connectivity index (χ1v) is 6.64. The van der Waals surface area contributed by atoms with E-state index in [-0.39, 0.29) is 11.8 Å². The third-order valence-corrected chi connectivity index (χ3v) is 4.00. The Kier molecular flexibility index (Phi) is 2.70. The van der Waals surface area contributed by atoms with Gasteiger partial charge in [-0.1, -0.05) is 4.49 Å². The van der Waals surface area contributed by atoms with Crippen LogP contribution in [0.3, 0.4) is 0 Å². The molecule has 2 aliphatic heterocycles. The van der Waals surface area contributed by atoms with Crippen molar-refractivity contribution in [3.05, 3.63) is 11.1 Å². The lowest BCUT2D eigenvalue weighted by molar-refractivity contribution is -0.125. The molecule has 0 radical (unpaired) electrons. The molecule has 2 N–H and O–H groups in total. The quantitative estimate of drug-likeness (QED) is 0.666. The number of carbonyl (C=O) groups is 3. The molecule has 2 fully saturated rings. The number of aromatic nitrogens is 2. The number of imide groups is 1. The van der Waals surface area contributed by atoms with Crippen LogP contribution in [0, 0.1) is 0 Å². The molecule has 3 rings (SSSR count). The van der Waals surface area contributed by atoms with Crippen molar-refractivity contribution < 1.29 is 14.4 Å². The highest BCUT2D eigenvalue weighted by Crippen LogP contribution is 2.26. The molecule has 2 saturated heterocycles. The summed E-state index contributed by atoms with van der Waals surface area (Å²) < 4.78 is 3.65. The molecule has 2 aliphatic rings. The van der Waals surface area contributed by atoms with Crippen LogP contribution in [-0.2, 0) is 4.79 Å². The Morgan fingerprint density at radius 1 is 1.37 bits per heavy atom. The minimum absolute atomic E-state index is 0.187. The Morgan fingerprint density at radius 3 is 2.63 bits per heavy atom. The molecule has 0 unspecified atom stereocenters. The van der Waals surface area contributed by atoms with Gasteiger partial charge in [0.1, 0.15) is 5.54 Å². The molecule has 1 aromatic heterocycles. The summed E-state index contributed by atoms with van der Waals surface area (Å²) in [6, 6.07) is -0.464. The largest absolute Gasteiger partial charge is 0.337 e. The SMILES string of the molecule is O=C1NC(=O)C2(CCN(C(=O)c3csnn3)CC2)N1. The van der Waals surface area contributed by atoms with E-state index in [9.17, 15) is 14.4 Å². The first-order valence-electron chi connectivity index (χ1n) is 5.81. The molecule has 0 aliphatic carbocycles. The maximum atomic E-state index is 12.1. The zero-order valence-electron chi connectivity index (χ0n) is 9.88. The lowest BCUT2D eigenvalue weighted by atomic mass is 9.87. The van der Waals surface area contributed by atoms with E-state index >= 15 is 0 Å². The molecule has 1 aromatic rings. The second-order valence-corrected chi connectivity index (χ2v) is 5.18. The van der Waals surface area contributed by atoms with Crippen LogP contribution in [0.2, 0.25) is 0 Å². The van der Waals surface area contributed by atoms with Crippen molar-refractivity contribution in [2.45, 2.75) is 18.4 Å². The summed E-state index contributed by atoms with van der Waals surface area (Å²) in [5, 5.41) is 10.2.